The average Bonchev–Trinajstić information content (AvgIpc) is 3.15. The van der Waals surface area contributed by atoms with Gasteiger partial charge in [-0.25, -0.2) is 9.67 Å². The Labute approximate surface area is 130 Å². The van der Waals surface area contributed by atoms with Gasteiger partial charge in [0.05, 0.1) is 10.6 Å². The number of benzene rings is 1. The van der Waals surface area contributed by atoms with Gasteiger partial charge in [0.15, 0.2) is 5.65 Å². The first kappa shape index (κ1) is 12.6. The third-order valence-corrected chi connectivity index (χ3v) is 4.40. The van der Waals surface area contributed by atoms with E-state index in [0.29, 0.717) is 5.02 Å². The van der Waals surface area contributed by atoms with Crippen LogP contribution in [0.3, 0.4) is 0 Å². The highest BCUT2D eigenvalue weighted by molar-refractivity contribution is 7.13. The Morgan fingerprint density at radius 1 is 1.00 bits per heavy atom. The fourth-order valence-corrected chi connectivity index (χ4v) is 3.16. The van der Waals surface area contributed by atoms with Gasteiger partial charge in [0.1, 0.15) is 5.69 Å². The summed E-state index contributed by atoms with van der Waals surface area (Å²) >= 11 is 7.64. The second kappa shape index (κ2) is 4.98. The fourth-order valence-electron chi connectivity index (χ4n) is 2.31. The Hall–Kier alpha value is -2.17. The summed E-state index contributed by atoms with van der Waals surface area (Å²) in [7, 11) is 0. The van der Waals surface area contributed by atoms with E-state index in [1.165, 1.54) is 0 Å². The van der Waals surface area contributed by atoms with Crippen LogP contribution in [0.5, 0.6) is 0 Å². The predicted octanol–water partition coefficient (Wildman–Crippen LogP) is 4.80. The molecule has 0 fully saturated rings. The molecule has 0 amide bonds. The van der Waals surface area contributed by atoms with Crippen LogP contribution in [0.15, 0.2) is 60.1 Å². The molecule has 0 N–H and O–H groups in total. The lowest BCUT2D eigenvalue weighted by Crippen LogP contribution is -1.97. The van der Waals surface area contributed by atoms with E-state index in [4.69, 9.17) is 16.7 Å². The lowest BCUT2D eigenvalue weighted by molar-refractivity contribution is 0.902. The molecule has 0 aliphatic heterocycles. The van der Waals surface area contributed by atoms with E-state index >= 15 is 0 Å². The minimum atomic E-state index is 0.710. The molecule has 0 atom stereocenters. The third-order valence-electron chi connectivity index (χ3n) is 3.27. The van der Waals surface area contributed by atoms with Crippen molar-refractivity contribution in [1.29, 1.82) is 0 Å². The molecule has 102 valence electrons. The molecule has 0 bridgehead atoms. The summed E-state index contributed by atoms with van der Waals surface area (Å²) in [6, 6.07) is 15.7. The van der Waals surface area contributed by atoms with Crippen molar-refractivity contribution in [3.05, 3.63) is 65.1 Å². The van der Waals surface area contributed by atoms with E-state index in [-0.39, 0.29) is 0 Å². The summed E-state index contributed by atoms with van der Waals surface area (Å²) in [6.45, 7) is 0. The van der Waals surface area contributed by atoms with Crippen LogP contribution in [0, 0.1) is 0 Å². The SMILES string of the molecule is Clc1ccc(-n2nc(-c3cccs3)c3cccnc32)cc1. The van der Waals surface area contributed by atoms with Crippen LogP contribution in [-0.4, -0.2) is 14.8 Å². The fraction of sp³-hybridized carbons (Fsp3) is 0. The Kier molecular flexibility index (Phi) is 2.98. The van der Waals surface area contributed by atoms with Gasteiger partial charge in [-0.3, -0.25) is 0 Å². The van der Waals surface area contributed by atoms with E-state index in [2.05, 4.69) is 22.5 Å². The Morgan fingerprint density at radius 2 is 1.86 bits per heavy atom. The molecule has 0 aliphatic rings. The molecular weight excluding hydrogens is 302 g/mol. The second-order valence-corrected chi connectivity index (χ2v) is 5.97. The van der Waals surface area contributed by atoms with Crippen LogP contribution in [0.2, 0.25) is 5.02 Å². The standard InChI is InChI=1S/C16H10ClN3S/c17-11-5-7-12(8-6-11)20-16-13(3-1-9-18-16)15(19-20)14-4-2-10-21-14/h1-10H. The molecule has 4 aromatic rings. The van der Waals surface area contributed by atoms with Crippen molar-refractivity contribution in [2.24, 2.45) is 0 Å². The zero-order valence-corrected chi connectivity index (χ0v) is 12.5. The molecule has 3 nitrogen and oxygen atoms in total. The summed E-state index contributed by atoms with van der Waals surface area (Å²) in [5.41, 5.74) is 2.76. The predicted molar refractivity (Wildman–Crippen MR) is 87.2 cm³/mol. The molecule has 3 heterocycles. The third kappa shape index (κ3) is 2.13. The Morgan fingerprint density at radius 3 is 2.62 bits per heavy atom. The number of hydrogen-bond donors (Lipinski definition) is 0. The Balaban J connectivity index is 2.00. The maximum Gasteiger partial charge on any atom is 0.163 e. The molecular formula is C16H10ClN3S. The van der Waals surface area contributed by atoms with E-state index < -0.39 is 0 Å². The van der Waals surface area contributed by atoms with Crippen LogP contribution >= 0.6 is 22.9 Å². The molecule has 0 radical (unpaired) electrons. The molecule has 1 aromatic carbocycles. The normalized spacial score (nSPS) is 11.1. The summed E-state index contributed by atoms with van der Waals surface area (Å²) < 4.78 is 1.86. The largest absolute Gasteiger partial charge is 0.237 e. The Bertz CT molecular complexity index is 895. The van der Waals surface area contributed by atoms with Crippen LogP contribution in [-0.2, 0) is 0 Å². The van der Waals surface area contributed by atoms with E-state index in [1.807, 2.05) is 41.1 Å². The van der Waals surface area contributed by atoms with Gasteiger partial charge in [-0.05, 0) is 47.8 Å². The number of hydrogen-bond acceptors (Lipinski definition) is 3. The molecule has 5 heteroatoms. The quantitative estimate of drug-likeness (QED) is 0.532. The minimum Gasteiger partial charge on any atom is -0.237 e. The van der Waals surface area contributed by atoms with Gasteiger partial charge >= 0.3 is 0 Å². The van der Waals surface area contributed by atoms with E-state index in [9.17, 15) is 0 Å². The summed E-state index contributed by atoms with van der Waals surface area (Å²) in [6.07, 6.45) is 1.79. The lowest BCUT2D eigenvalue weighted by Gasteiger charge is -2.02. The van der Waals surface area contributed by atoms with Gasteiger partial charge in [0.25, 0.3) is 0 Å². The van der Waals surface area contributed by atoms with Gasteiger partial charge in [-0.2, -0.15) is 5.10 Å². The first-order valence-electron chi connectivity index (χ1n) is 6.46. The smallest absolute Gasteiger partial charge is 0.163 e. The van der Waals surface area contributed by atoms with Crippen molar-refractivity contribution in [2.75, 3.05) is 0 Å². The molecule has 0 aliphatic carbocycles. The molecule has 0 saturated heterocycles. The highest BCUT2D eigenvalue weighted by Gasteiger charge is 2.14. The first-order valence-corrected chi connectivity index (χ1v) is 7.72. The van der Waals surface area contributed by atoms with Crippen LogP contribution < -0.4 is 0 Å². The second-order valence-electron chi connectivity index (χ2n) is 4.59. The van der Waals surface area contributed by atoms with Crippen LogP contribution in [0.1, 0.15) is 0 Å². The molecule has 3 aromatic heterocycles. The van der Waals surface area contributed by atoms with Crippen molar-refractivity contribution < 1.29 is 0 Å². The minimum absolute atomic E-state index is 0.710. The molecule has 4 rings (SSSR count). The number of pyridine rings is 1. The van der Waals surface area contributed by atoms with Crippen molar-refractivity contribution in [1.82, 2.24) is 14.8 Å². The topological polar surface area (TPSA) is 30.7 Å². The van der Waals surface area contributed by atoms with Crippen molar-refractivity contribution in [2.45, 2.75) is 0 Å². The van der Waals surface area contributed by atoms with Crippen molar-refractivity contribution in [3.63, 3.8) is 0 Å². The zero-order valence-electron chi connectivity index (χ0n) is 10.9. The zero-order chi connectivity index (χ0) is 14.2. The van der Waals surface area contributed by atoms with Crippen LogP contribution in [0.4, 0.5) is 0 Å². The van der Waals surface area contributed by atoms with Gasteiger partial charge in [0, 0.05) is 16.6 Å². The molecule has 21 heavy (non-hydrogen) atoms. The highest BCUT2D eigenvalue weighted by atomic mass is 35.5. The van der Waals surface area contributed by atoms with Gasteiger partial charge in [0.2, 0.25) is 0 Å². The average molecular weight is 312 g/mol. The number of halogens is 1. The van der Waals surface area contributed by atoms with E-state index in [1.54, 1.807) is 17.5 Å². The molecule has 0 saturated carbocycles. The summed E-state index contributed by atoms with van der Waals surface area (Å²) in [5, 5.41) is 8.57. The van der Waals surface area contributed by atoms with Crippen molar-refractivity contribution >= 4 is 34.0 Å². The van der Waals surface area contributed by atoms with Gasteiger partial charge < -0.3 is 0 Å². The number of nitrogens with zero attached hydrogens (tertiary/aromatic N) is 3. The molecule has 0 spiro atoms. The first-order chi connectivity index (χ1) is 10.3. The maximum absolute atomic E-state index is 5.96. The van der Waals surface area contributed by atoms with Crippen LogP contribution in [0.25, 0.3) is 27.3 Å². The number of rotatable bonds is 2. The molecule has 0 unspecified atom stereocenters. The maximum atomic E-state index is 5.96. The number of thiophene rings is 1. The van der Waals surface area contributed by atoms with Crippen molar-refractivity contribution in [3.8, 4) is 16.3 Å². The van der Waals surface area contributed by atoms with Gasteiger partial charge in [-0.1, -0.05) is 17.7 Å². The van der Waals surface area contributed by atoms with Gasteiger partial charge in [-0.15, -0.1) is 11.3 Å². The summed E-state index contributed by atoms with van der Waals surface area (Å²) in [5.74, 6) is 0. The number of aromatic nitrogens is 3. The lowest BCUT2D eigenvalue weighted by atomic mass is 10.2. The highest BCUT2D eigenvalue weighted by Crippen LogP contribution is 2.31. The van der Waals surface area contributed by atoms with E-state index in [0.717, 1.165) is 27.3 Å². The number of fused-ring (bicyclic) bond motifs is 1. The summed E-state index contributed by atoms with van der Waals surface area (Å²) in [4.78, 5) is 5.62. The monoisotopic (exact) mass is 311 g/mol.